The third-order valence-electron chi connectivity index (χ3n) is 2.21. The summed E-state index contributed by atoms with van der Waals surface area (Å²) in [5.41, 5.74) is 1.51. The van der Waals surface area contributed by atoms with Gasteiger partial charge in [0.1, 0.15) is 0 Å². The highest BCUT2D eigenvalue weighted by atomic mass is 16.5. The van der Waals surface area contributed by atoms with Crippen molar-refractivity contribution in [2.45, 2.75) is 32.9 Å². The lowest BCUT2D eigenvalue weighted by molar-refractivity contribution is 0.180. The van der Waals surface area contributed by atoms with Crippen molar-refractivity contribution >= 4 is 5.69 Å². The molecular weight excluding hydrogens is 202 g/mol. The molecule has 0 unspecified atom stereocenters. The summed E-state index contributed by atoms with van der Waals surface area (Å²) in [7, 11) is 0. The summed E-state index contributed by atoms with van der Waals surface area (Å²) in [6.07, 6.45) is 5.32. The number of hydrogen-bond donors (Lipinski definition) is 2. The SMILES string of the molecule is C#Cc1cc(CO)cc(N(O)C(C)(C)C)c1. The molecule has 0 saturated heterocycles. The molecule has 1 rings (SSSR count). The Balaban J connectivity index is 3.19. The standard InChI is InChI=1S/C13H17NO2/c1-5-10-6-11(9-15)8-12(7-10)14(16)13(2,3)4/h1,6-8,15-16H,9H2,2-4H3. The molecule has 0 spiro atoms. The summed E-state index contributed by atoms with van der Waals surface area (Å²) in [4.78, 5) is 0. The lowest BCUT2D eigenvalue weighted by atomic mass is 10.1. The van der Waals surface area contributed by atoms with Gasteiger partial charge in [0.25, 0.3) is 0 Å². The van der Waals surface area contributed by atoms with Crippen LogP contribution in [0.25, 0.3) is 0 Å². The number of aliphatic hydroxyl groups is 1. The Hall–Kier alpha value is -1.50. The van der Waals surface area contributed by atoms with Gasteiger partial charge in [-0.25, -0.2) is 0 Å². The number of terminal acetylenes is 1. The summed E-state index contributed by atoms with van der Waals surface area (Å²) < 4.78 is 0. The van der Waals surface area contributed by atoms with Crippen LogP contribution in [0.2, 0.25) is 0 Å². The monoisotopic (exact) mass is 219 g/mol. The smallest absolute Gasteiger partial charge is 0.0683 e. The minimum absolute atomic E-state index is 0.0967. The third kappa shape index (κ3) is 2.75. The normalized spacial score (nSPS) is 11.0. The predicted molar refractivity (Wildman–Crippen MR) is 64.3 cm³/mol. The van der Waals surface area contributed by atoms with Crippen molar-refractivity contribution in [3.8, 4) is 12.3 Å². The van der Waals surface area contributed by atoms with E-state index in [2.05, 4.69) is 5.92 Å². The molecular formula is C13H17NO2. The molecule has 0 fully saturated rings. The van der Waals surface area contributed by atoms with Gasteiger partial charge in [-0.2, -0.15) is 0 Å². The van der Waals surface area contributed by atoms with Crippen molar-refractivity contribution in [1.29, 1.82) is 0 Å². The molecule has 0 aliphatic rings. The topological polar surface area (TPSA) is 43.7 Å². The molecule has 0 saturated carbocycles. The van der Waals surface area contributed by atoms with E-state index in [1.165, 1.54) is 0 Å². The fourth-order valence-corrected chi connectivity index (χ4v) is 1.36. The Labute approximate surface area is 96.3 Å². The van der Waals surface area contributed by atoms with Crippen LogP contribution in [-0.4, -0.2) is 15.9 Å². The zero-order chi connectivity index (χ0) is 12.3. The molecule has 0 aliphatic carbocycles. The van der Waals surface area contributed by atoms with Gasteiger partial charge in [-0.05, 0) is 44.5 Å². The van der Waals surface area contributed by atoms with Crippen LogP contribution in [0, 0.1) is 12.3 Å². The number of benzene rings is 1. The molecule has 0 heterocycles. The number of rotatable bonds is 2. The Morgan fingerprint density at radius 2 is 1.94 bits per heavy atom. The summed E-state index contributed by atoms with van der Waals surface area (Å²) >= 11 is 0. The largest absolute Gasteiger partial charge is 0.392 e. The second kappa shape index (κ2) is 4.56. The number of nitrogens with zero attached hydrogens (tertiary/aromatic N) is 1. The zero-order valence-corrected chi connectivity index (χ0v) is 9.86. The van der Waals surface area contributed by atoms with Crippen LogP contribution < -0.4 is 5.06 Å². The number of hydrogen-bond acceptors (Lipinski definition) is 3. The first-order valence-corrected chi connectivity index (χ1v) is 5.09. The Kier molecular flexibility index (Phi) is 3.58. The lowest BCUT2D eigenvalue weighted by Crippen LogP contribution is -2.38. The van der Waals surface area contributed by atoms with Crippen LogP contribution in [0.1, 0.15) is 31.9 Å². The first-order valence-electron chi connectivity index (χ1n) is 5.09. The maximum Gasteiger partial charge on any atom is 0.0683 e. The van der Waals surface area contributed by atoms with E-state index in [1.54, 1.807) is 18.2 Å². The second-order valence-corrected chi connectivity index (χ2v) is 4.67. The van der Waals surface area contributed by atoms with Crippen molar-refractivity contribution in [2.75, 3.05) is 5.06 Å². The minimum atomic E-state index is -0.417. The van der Waals surface area contributed by atoms with Gasteiger partial charge in [0, 0.05) is 5.56 Å². The molecule has 1 aromatic rings. The minimum Gasteiger partial charge on any atom is -0.392 e. The average Bonchev–Trinajstić information content (AvgIpc) is 2.26. The molecule has 3 nitrogen and oxygen atoms in total. The first kappa shape index (κ1) is 12.6. The lowest BCUT2D eigenvalue weighted by Gasteiger charge is -2.31. The highest BCUT2D eigenvalue weighted by molar-refractivity contribution is 5.54. The van der Waals surface area contributed by atoms with Gasteiger partial charge in [0.2, 0.25) is 0 Å². The van der Waals surface area contributed by atoms with E-state index >= 15 is 0 Å². The van der Waals surface area contributed by atoms with Crippen LogP contribution in [0.3, 0.4) is 0 Å². The zero-order valence-electron chi connectivity index (χ0n) is 9.86. The molecule has 1 aromatic carbocycles. The van der Waals surface area contributed by atoms with Crippen molar-refractivity contribution in [3.63, 3.8) is 0 Å². The van der Waals surface area contributed by atoms with Crippen LogP contribution in [-0.2, 0) is 6.61 Å². The summed E-state index contributed by atoms with van der Waals surface area (Å²) in [6.45, 7) is 5.55. The third-order valence-corrected chi connectivity index (χ3v) is 2.21. The van der Waals surface area contributed by atoms with Crippen molar-refractivity contribution in [1.82, 2.24) is 0 Å². The van der Waals surface area contributed by atoms with Crippen molar-refractivity contribution in [3.05, 3.63) is 29.3 Å². The van der Waals surface area contributed by atoms with E-state index in [4.69, 9.17) is 11.5 Å². The average molecular weight is 219 g/mol. The Bertz CT molecular complexity index is 413. The maximum atomic E-state index is 9.98. The fraction of sp³-hybridized carbons (Fsp3) is 0.385. The Morgan fingerprint density at radius 1 is 1.31 bits per heavy atom. The van der Waals surface area contributed by atoms with Crippen LogP contribution >= 0.6 is 0 Å². The van der Waals surface area contributed by atoms with E-state index in [-0.39, 0.29) is 6.61 Å². The second-order valence-electron chi connectivity index (χ2n) is 4.67. The maximum absolute atomic E-state index is 9.98. The molecule has 0 atom stereocenters. The van der Waals surface area contributed by atoms with E-state index in [1.807, 2.05) is 20.8 Å². The van der Waals surface area contributed by atoms with Crippen molar-refractivity contribution < 1.29 is 10.3 Å². The van der Waals surface area contributed by atoms with Gasteiger partial charge in [0.05, 0.1) is 17.8 Å². The van der Waals surface area contributed by atoms with Gasteiger partial charge in [-0.15, -0.1) is 6.42 Å². The summed E-state index contributed by atoms with van der Waals surface area (Å²) in [6, 6.07) is 5.15. The van der Waals surface area contributed by atoms with Crippen LogP contribution in [0.15, 0.2) is 18.2 Å². The highest BCUT2D eigenvalue weighted by Gasteiger charge is 2.20. The van der Waals surface area contributed by atoms with Gasteiger partial charge >= 0.3 is 0 Å². The van der Waals surface area contributed by atoms with Gasteiger partial charge in [0.15, 0.2) is 0 Å². The molecule has 0 radical (unpaired) electrons. The van der Waals surface area contributed by atoms with Gasteiger partial charge in [-0.1, -0.05) is 5.92 Å². The molecule has 0 aromatic heterocycles. The van der Waals surface area contributed by atoms with E-state index in [0.29, 0.717) is 16.8 Å². The number of aliphatic hydroxyl groups excluding tert-OH is 1. The van der Waals surface area contributed by atoms with E-state index < -0.39 is 5.54 Å². The molecule has 86 valence electrons. The molecule has 0 bridgehead atoms. The number of hydroxylamine groups is 1. The Morgan fingerprint density at radius 3 is 2.38 bits per heavy atom. The molecule has 0 aliphatic heterocycles. The molecule has 16 heavy (non-hydrogen) atoms. The van der Waals surface area contributed by atoms with E-state index in [0.717, 1.165) is 5.06 Å². The van der Waals surface area contributed by atoms with Gasteiger partial charge < -0.3 is 5.11 Å². The highest BCUT2D eigenvalue weighted by Crippen LogP contribution is 2.24. The molecule has 0 amide bonds. The summed E-state index contributed by atoms with van der Waals surface area (Å²) in [5, 5.41) is 20.2. The molecule has 3 heteroatoms. The fourth-order valence-electron chi connectivity index (χ4n) is 1.36. The van der Waals surface area contributed by atoms with E-state index in [9.17, 15) is 5.21 Å². The quantitative estimate of drug-likeness (QED) is 0.591. The summed E-state index contributed by atoms with van der Waals surface area (Å²) in [5.74, 6) is 2.50. The molecule has 2 N–H and O–H groups in total. The van der Waals surface area contributed by atoms with Crippen LogP contribution in [0.4, 0.5) is 5.69 Å². The van der Waals surface area contributed by atoms with Crippen molar-refractivity contribution in [2.24, 2.45) is 0 Å². The van der Waals surface area contributed by atoms with Crippen LogP contribution in [0.5, 0.6) is 0 Å². The first-order chi connectivity index (χ1) is 7.38. The number of anilines is 1. The van der Waals surface area contributed by atoms with Gasteiger partial charge in [-0.3, -0.25) is 10.3 Å². The predicted octanol–water partition coefficient (Wildman–Crippen LogP) is 2.15.